The summed E-state index contributed by atoms with van der Waals surface area (Å²) < 4.78 is 0. The number of hydrogen-bond donors (Lipinski definition) is 3. The smallest absolute Gasteiger partial charge is 0.242 e. The van der Waals surface area contributed by atoms with Crippen molar-refractivity contribution in [2.24, 2.45) is 5.73 Å². The van der Waals surface area contributed by atoms with E-state index in [0.29, 0.717) is 19.4 Å². The van der Waals surface area contributed by atoms with Crippen molar-refractivity contribution >= 4 is 11.8 Å². The SMILES string of the molecule is CCCCCNC(=O)C(Cc1ccccc1)NC(=O)C(N)Cc1ccccc1. The Hall–Kier alpha value is -2.66. The zero-order valence-electron chi connectivity index (χ0n) is 16.6. The molecular weight excluding hydrogens is 350 g/mol. The van der Waals surface area contributed by atoms with Gasteiger partial charge < -0.3 is 16.4 Å². The number of carbonyl (C=O) groups excluding carboxylic acids is 2. The first-order chi connectivity index (χ1) is 13.6. The Kier molecular flexibility index (Phi) is 9.22. The third kappa shape index (κ3) is 7.53. The molecule has 0 spiro atoms. The fourth-order valence-corrected chi connectivity index (χ4v) is 3.01. The van der Waals surface area contributed by atoms with Gasteiger partial charge in [-0.3, -0.25) is 9.59 Å². The molecule has 150 valence electrons. The summed E-state index contributed by atoms with van der Waals surface area (Å²) >= 11 is 0. The molecule has 0 aromatic heterocycles. The molecule has 0 bridgehead atoms. The molecule has 28 heavy (non-hydrogen) atoms. The Morgan fingerprint density at radius 1 is 0.857 bits per heavy atom. The van der Waals surface area contributed by atoms with Crippen LogP contribution in [0.15, 0.2) is 60.7 Å². The van der Waals surface area contributed by atoms with E-state index in [2.05, 4.69) is 17.6 Å². The quantitative estimate of drug-likeness (QED) is 0.523. The summed E-state index contributed by atoms with van der Waals surface area (Å²) in [4.78, 5) is 25.3. The molecule has 0 saturated carbocycles. The first-order valence-electron chi connectivity index (χ1n) is 10.0. The van der Waals surface area contributed by atoms with Crippen molar-refractivity contribution in [3.8, 4) is 0 Å². The van der Waals surface area contributed by atoms with Crippen LogP contribution in [0.3, 0.4) is 0 Å². The van der Waals surface area contributed by atoms with Gasteiger partial charge in [0.2, 0.25) is 11.8 Å². The Bertz CT molecular complexity index is 719. The van der Waals surface area contributed by atoms with E-state index < -0.39 is 12.1 Å². The molecule has 0 aliphatic heterocycles. The number of carbonyl (C=O) groups is 2. The topological polar surface area (TPSA) is 84.2 Å². The van der Waals surface area contributed by atoms with Gasteiger partial charge in [-0.1, -0.05) is 80.4 Å². The molecule has 5 nitrogen and oxygen atoms in total. The van der Waals surface area contributed by atoms with E-state index >= 15 is 0 Å². The van der Waals surface area contributed by atoms with E-state index in [9.17, 15) is 9.59 Å². The van der Waals surface area contributed by atoms with Gasteiger partial charge >= 0.3 is 0 Å². The van der Waals surface area contributed by atoms with Crippen LogP contribution >= 0.6 is 0 Å². The molecule has 2 atom stereocenters. The third-order valence-corrected chi connectivity index (χ3v) is 4.63. The van der Waals surface area contributed by atoms with Gasteiger partial charge in [0.15, 0.2) is 0 Å². The standard InChI is InChI=1S/C23H31N3O2/c1-2-3-10-15-25-23(28)21(17-19-13-8-5-9-14-19)26-22(27)20(24)16-18-11-6-4-7-12-18/h4-9,11-14,20-21H,2-3,10,15-17,24H2,1H3,(H,25,28)(H,26,27). The summed E-state index contributed by atoms with van der Waals surface area (Å²) in [6.07, 6.45) is 3.96. The highest BCUT2D eigenvalue weighted by Gasteiger charge is 2.24. The van der Waals surface area contributed by atoms with Crippen LogP contribution in [0.1, 0.15) is 37.3 Å². The average molecular weight is 382 g/mol. The molecule has 0 heterocycles. The first-order valence-corrected chi connectivity index (χ1v) is 10.0. The van der Waals surface area contributed by atoms with Crippen LogP contribution in [0.4, 0.5) is 0 Å². The largest absolute Gasteiger partial charge is 0.354 e. The fraction of sp³-hybridized carbons (Fsp3) is 0.391. The zero-order chi connectivity index (χ0) is 20.2. The lowest BCUT2D eigenvalue weighted by molar-refractivity contribution is -0.129. The fourth-order valence-electron chi connectivity index (χ4n) is 3.01. The van der Waals surface area contributed by atoms with Crippen LogP contribution in [0.2, 0.25) is 0 Å². The normalized spacial score (nSPS) is 12.8. The third-order valence-electron chi connectivity index (χ3n) is 4.63. The van der Waals surface area contributed by atoms with Crippen LogP contribution in [0.25, 0.3) is 0 Å². The molecular formula is C23H31N3O2. The summed E-state index contributed by atoms with van der Waals surface area (Å²) in [5.74, 6) is -0.478. The van der Waals surface area contributed by atoms with Crippen LogP contribution in [0, 0.1) is 0 Å². The number of rotatable bonds is 11. The number of unbranched alkanes of at least 4 members (excludes halogenated alkanes) is 2. The van der Waals surface area contributed by atoms with Gasteiger partial charge in [-0.15, -0.1) is 0 Å². The summed E-state index contributed by atoms with van der Waals surface area (Å²) in [5.41, 5.74) is 8.07. The van der Waals surface area contributed by atoms with Gasteiger partial charge in [-0.2, -0.15) is 0 Å². The van der Waals surface area contributed by atoms with Gasteiger partial charge in [0, 0.05) is 13.0 Å². The maximum atomic E-state index is 12.7. The second-order valence-electron chi connectivity index (χ2n) is 7.05. The molecule has 5 heteroatoms. The summed E-state index contributed by atoms with van der Waals surface area (Å²) in [5, 5.41) is 5.79. The van der Waals surface area contributed by atoms with Crippen LogP contribution in [0.5, 0.6) is 0 Å². The maximum absolute atomic E-state index is 12.7. The van der Waals surface area contributed by atoms with E-state index in [1.54, 1.807) is 0 Å². The Morgan fingerprint density at radius 3 is 2.00 bits per heavy atom. The lowest BCUT2D eigenvalue weighted by atomic mass is 10.0. The molecule has 0 radical (unpaired) electrons. The summed E-state index contributed by atoms with van der Waals surface area (Å²) in [6, 6.07) is 18.0. The molecule has 0 fully saturated rings. The zero-order valence-corrected chi connectivity index (χ0v) is 16.6. The molecule has 2 unspecified atom stereocenters. The van der Waals surface area contributed by atoms with E-state index in [-0.39, 0.29) is 11.8 Å². The Labute approximate surface area is 167 Å². The van der Waals surface area contributed by atoms with E-state index in [1.807, 2.05) is 60.7 Å². The van der Waals surface area contributed by atoms with Crippen molar-refractivity contribution < 1.29 is 9.59 Å². The monoisotopic (exact) mass is 381 g/mol. The summed E-state index contributed by atoms with van der Waals surface area (Å²) in [7, 11) is 0. The summed E-state index contributed by atoms with van der Waals surface area (Å²) in [6.45, 7) is 2.73. The van der Waals surface area contributed by atoms with Crippen LogP contribution in [-0.4, -0.2) is 30.4 Å². The highest BCUT2D eigenvalue weighted by Crippen LogP contribution is 2.06. The molecule has 2 rings (SSSR count). The van der Waals surface area contributed by atoms with Crippen molar-refractivity contribution in [1.82, 2.24) is 10.6 Å². The molecule has 4 N–H and O–H groups in total. The van der Waals surface area contributed by atoms with Crippen LogP contribution < -0.4 is 16.4 Å². The predicted octanol–water partition coefficient (Wildman–Crippen LogP) is 2.59. The van der Waals surface area contributed by atoms with E-state index in [1.165, 1.54) is 0 Å². The Morgan fingerprint density at radius 2 is 1.43 bits per heavy atom. The van der Waals surface area contributed by atoms with Crippen LogP contribution in [-0.2, 0) is 22.4 Å². The van der Waals surface area contributed by atoms with Gasteiger partial charge in [-0.25, -0.2) is 0 Å². The number of amides is 2. The highest BCUT2D eigenvalue weighted by atomic mass is 16.2. The maximum Gasteiger partial charge on any atom is 0.242 e. The van der Waals surface area contributed by atoms with Gasteiger partial charge in [0.1, 0.15) is 6.04 Å². The molecule has 0 saturated heterocycles. The molecule has 2 aromatic carbocycles. The molecule has 2 aromatic rings. The molecule has 2 amide bonds. The predicted molar refractivity (Wildman–Crippen MR) is 113 cm³/mol. The lowest BCUT2D eigenvalue weighted by Crippen LogP contribution is -2.53. The minimum Gasteiger partial charge on any atom is -0.354 e. The lowest BCUT2D eigenvalue weighted by Gasteiger charge is -2.21. The van der Waals surface area contributed by atoms with Crippen molar-refractivity contribution in [2.75, 3.05) is 6.54 Å². The van der Waals surface area contributed by atoms with Crippen molar-refractivity contribution in [2.45, 2.75) is 51.1 Å². The van der Waals surface area contributed by atoms with E-state index in [0.717, 1.165) is 30.4 Å². The highest BCUT2D eigenvalue weighted by molar-refractivity contribution is 5.90. The van der Waals surface area contributed by atoms with Gasteiger partial charge in [0.05, 0.1) is 6.04 Å². The molecule has 0 aliphatic carbocycles. The van der Waals surface area contributed by atoms with Gasteiger partial charge in [-0.05, 0) is 24.0 Å². The van der Waals surface area contributed by atoms with Crippen molar-refractivity contribution in [3.05, 3.63) is 71.8 Å². The second-order valence-corrected chi connectivity index (χ2v) is 7.05. The second kappa shape index (κ2) is 11.9. The average Bonchev–Trinajstić information content (AvgIpc) is 2.72. The molecule has 0 aliphatic rings. The number of benzene rings is 2. The van der Waals surface area contributed by atoms with Crippen molar-refractivity contribution in [1.29, 1.82) is 0 Å². The first kappa shape index (κ1) is 21.6. The number of hydrogen-bond acceptors (Lipinski definition) is 3. The van der Waals surface area contributed by atoms with Gasteiger partial charge in [0.25, 0.3) is 0 Å². The number of nitrogens with one attached hydrogen (secondary N) is 2. The number of nitrogens with two attached hydrogens (primary N) is 1. The Balaban J connectivity index is 1.98. The minimum atomic E-state index is -0.700. The van der Waals surface area contributed by atoms with E-state index in [4.69, 9.17) is 5.73 Å². The minimum absolute atomic E-state index is 0.166. The van der Waals surface area contributed by atoms with Crippen molar-refractivity contribution in [3.63, 3.8) is 0 Å².